The molecule has 1 aliphatic rings. The maximum absolute atomic E-state index is 6.13. The van der Waals surface area contributed by atoms with Gasteiger partial charge >= 0.3 is 0 Å². The average Bonchev–Trinajstić information content (AvgIpc) is 2.47. The van der Waals surface area contributed by atoms with Crippen LogP contribution in [-0.2, 0) is 5.41 Å². The van der Waals surface area contributed by atoms with E-state index >= 15 is 0 Å². The van der Waals surface area contributed by atoms with Gasteiger partial charge in [-0.1, -0.05) is 19.1 Å². The molecule has 1 heterocycles. The molecule has 1 fully saturated rings. The van der Waals surface area contributed by atoms with Crippen LogP contribution >= 0.6 is 0 Å². The topological polar surface area (TPSA) is 38.5 Å². The molecule has 19 heavy (non-hydrogen) atoms. The summed E-state index contributed by atoms with van der Waals surface area (Å²) in [6.45, 7) is 8.51. The zero-order chi connectivity index (χ0) is 13.9. The predicted octanol–water partition coefficient (Wildman–Crippen LogP) is 2.32. The van der Waals surface area contributed by atoms with Crippen molar-refractivity contribution in [2.45, 2.75) is 32.1 Å². The average molecular weight is 262 g/mol. The van der Waals surface area contributed by atoms with E-state index in [0.29, 0.717) is 0 Å². The Labute approximate surface area is 116 Å². The predicted molar refractivity (Wildman–Crippen MR) is 79.8 cm³/mol. The lowest BCUT2D eigenvalue weighted by Gasteiger charge is -2.41. The van der Waals surface area contributed by atoms with E-state index in [-0.39, 0.29) is 5.41 Å². The van der Waals surface area contributed by atoms with Gasteiger partial charge in [-0.2, -0.15) is 0 Å². The molecule has 1 aromatic carbocycles. The second-order valence-electron chi connectivity index (χ2n) is 5.60. The molecule has 0 bridgehead atoms. The molecule has 1 aliphatic heterocycles. The van der Waals surface area contributed by atoms with Crippen LogP contribution in [0.25, 0.3) is 0 Å². The number of methoxy groups -OCH3 is 1. The number of likely N-dealkylation sites (tertiary alicyclic amines) is 1. The van der Waals surface area contributed by atoms with Crippen LogP contribution in [0.4, 0.5) is 0 Å². The van der Waals surface area contributed by atoms with E-state index in [4.69, 9.17) is 10.5 Å². The summed E-state index contributed by atoms with van der Waals surface area (Å²) in [5.74, 6) is 0.960. The lowest BCUT2D eigenvalue weighted by Crippen LogP contribution is -2.46. The molecule has 106 valence electrons. The van der Waals surface area contributed by atoms with Gasteiger partial charge in [-0.25, -0.2) is 0 Å². The summed E-state index contributed by atoms with van der Waals surface area (Å²) in [6.07, 6.45) is 2.31. The van der Waals surface area contributed by atoms with Gasteiger partial charge in [-0.3, -0.25) is 0 Å². The molecule has 0 unspecified atom stereocenters. The Morgan fingerprint density at radius 1 is 1.32 bits per heavy atom. The molecule has 3 heteroatoms. The van der Waals surface area contributed by atoms with Crippen molar-refractivity contribution in [3.63, 3.8) is 0 Å². The first-order valence-electron chi connectivity index (χ1n) is 7.23. The van der Waals surface area contributed by atoms with E-state index in [2.05, 4.69) is 36.9 Å². The van der Waals surface area contributed by atoms with Crippen molar-refractivity contribution in [1.29, 1.82) is 0 Å². The lowest BCUT2D eigenvalue weighted by atomic mass is 9.72. The highest BCUT2D eigenvalue weighted by molar-refractivity contribution is 5.40. The Hall–Kier alpha value is -1.06. The first kappa shape index (κ1) is 14.4. The second kappa shape index (κ2) is 5.93. The third-order valence-corrected chi connectivity index (χ3v) is 4.66. The molecule has 0 aliphatic carbocycles. The molecule has 0 spiro atoms. The van der Waals surface area contributed by atoms with Gasteiger partial charge in [-0.05, 0) is 56.6 Å². The zero-order valence-electron chi connectivity index (χ0n) is 12.4. The summed E-state index contributed by atoms with van der Waals surface area (Å²) >= 11 is 0. The normalized spacial score (nSPS) is 19.4. The molecular formula is C16H26N2O. The molecular weight excluding hydrogens is 236 g/mol. The van der Waals surface area contributed by atoms with E-state index in [9.17, 15) is 0 Å². The van der Waals surface area contributed by atoms with Gasteiger partial charge in [0.1, 0.15) is 5.75 Å². The SMILES string of the molecule is CCN1CCC(CN)(c2ccc(OC)c(C)c2)CC1. The van der Waals surface area contributed by atoms with Crippen molar-refractivity contribution >= 4 is 0 Å². The summed E-state index contributed by atoms with van der Waals surface area (Å²) in [4.78, 5) is 2.50. The molecule has 2 N–H and O–H groups in total. The highest BCUT2D eigenvalue weighted by Crippen LogP contribution is 2.36. The Balaban J connectivity index is 2.24. The summed E-state index contributed by atoms with van der Waals surface area (Å²) < 4.78 is 5.35. The Morgan fingerprint density at radius 2 is 2.00 bits per heavy atom. The standard InChI is InChI=1S/C16H26N2O/c1-4-18-9-7-16(12-17,8-10-18)14-5-6-15(19-3)13(2)11-14/h5-6,11H,4,7-10,12,17H2,1-3H3. The van der Waals surface area contributed by atoms with Gasteiger partial charge in [0.25, 0.3) is 0 Å². The van der Waals surface area contributed by atoms with Gasteiger partial charge in [0.15, 0.2) is 0 Å². The zero-order valence-corrected chi connectivity index (χ0v) is 12.4. The number of hydrogen-bond donors (Lipinski definition) is 1. The lowest BCUT2D eigenvalue weighted by molar-refractivity contribution is 0.169. The molecule has 3 nitrogen and oxygen atoms in total. The molecule has 2 rings (SSSR count). The molecule has 0 radical (unpaired) electrons. The largest absolute Gasteiger partial charge is 0.496 e. The van der Waals surface area contributed by atoms with Crippen LogP contribution in [0.5, 0.6) is 5.75 Å². The van der Waals surface area contributed by atoms with E-state index < -0.39 is 0 Å². The van der Waals surface area contributed by atoms with Crippen LogP contribution in [0.15, 0.2) is 18.2 Å². The van der Waals surface area contributed by atoms with Crippen LogP contribution < -0.4 is 10.5 Å². The number of piperidine rings is 1. The van der Waals surface area contributed by atoms with Crippen molar-refractivity contribution in [2.24, 2.45) is 5.73 Å². The quantitative estimate of drug-likeness (QED) is 0.905. The van der Waals surface area contributed by atoms with Crippen molar-refractivity contribution in [3.05, 3.63) is 29.3 Å². The van der Waals surface area contributed by atoms with Gasteiger partial charge in [-0.15, -0.1) is 0 Å². The first-order valence-corrected chi connectivity index (χ1v) is 7.23. The third-order valence-electron chi connectivity index (χ3n) is 4.66. The molecule has 0 aromatic heterocycles. The smallest absolute Gasteiger partial charge is 0.121 e. The van der Waals surface area contributed by atoms with Gasteiger partial charge in [0.2, 0.25) is 0 Å². The van der Waals surface area contributed by atoms with E-state index in [1.165, 1.54) is 11.1 Å². The van der Waals surface area contributed by atoms with E-state index in [1.54, 1.807) is 7.11 Å². The van der Waals surface area contributed by atoms with E-state index in [0.717, 1.165) is 44.8 Å². The van der Waals surface area contributed by atoms with Gasteiger partial charge < -0.3 is 15.4 Å². The van der Waals surface area contributed by atoms with Crippen molar-refractivity contribution in [1.82, 2.24) is 4.90 Å². The van der Waals surface area contributed by atoms with Crippen LogP contribution in [0.1, 0.15) is 30.9 Å². The van der Waals surface area contributed by atoms with Crippen molar-refractivity contribution in [3.8, 4) is 5.75 Å². The molecule has 0 amide bonds. The minimum Gasteiger partial charge on any atom is -0.496 e. The second-order valence-corrected chi connectivity index (χ2v) is 5.60. The fourth-order valence-corrected chi connectivity index (χ4v) is 3.12. The number of benzene rings is 1. The Kier molecular flexibility index (Phi) is 4.48. The highest BCUT2D eigenvalue weighted by atomic mass is 16.5. The Bertz CT molecular complexity index is 423. The number of ether oxygens (including phenoxy) is 1. The minimum atomic E-state index is 0.155. The number of rotatable bonds is 4. The molecule has 1 aromatic rings. The van der Waals surface area contributed by atoms with Crippen LogP contribution in [0.3, 0.4) is 0 Å². The van der Waals surface area contributed by atoms with Gasteiger partial charge in [0.05, 0.1) is 7.11 Å². The fourth-order valence-electron chi connectivity index (χ4n) is 3.12. The molecule has 0 atom stereocenters. The molecule has 1 saturated heterocycles. The summed E-state index contributed by atoms with van der Waals surface area (Å²) in [5, 5.41) is 0. The third kappa shape index (κ3) is 2.77. The minimum absolute atomic E-state index is 0.155. The molecule has 0 saturated carbocycles. The monoisotopic (exact) mass is 262 g/mol. The Morgan fingerprint density at radius 3 is 2.47 bits per heavy atom. The fraction of sp³-hybridized carbons (Fsp3) is 0.625. The highest BCUT2D eigenvalue weighted by Gasteiger charge is 2.34. The van der Waals surface area contributed by atoms with Crippen molar-refractivity contribution < 1.29 is 4.74 Å². The number of aryl methyl sites for hydroxylation is 1. The summed E-state index contributed by atoms with van der Waals surface area (Å²) in [6, 6.07) is 6.53. The number of hydrogen-bond acceptors (Lipinski definition) is 3. The number of nitrogens with two attached hydrogens (primary N) is 1. The summed E-state index contributed by atoms with van der Waals surface area (Å²) in [5.41, 5.74) is 8.86. The van der Waals surface area contributed by atoms with Crippen LogP contribution in [-0.4, -0.2) is 38.2 Å². The van der Waals surface area contributed by atoms with Crippen LogP contribution in [0.2, 0.25) is 0 Å². The first-order chi connectivity index (χ1) is 9.15. The maximum atomic E-state index is 6.13. The summed E-state index contributed by atoms with van der Waals surface area (Å²) in [7, 11) is 1.72. The number of nitrogens with zero attached hydrogens (tertiary/aromatic N) is 1. The van der Waals surface area contributed by atoms with E-state index in [1.807, 2.05) is 0 Å². The van der Waals surface area contributed by atoms with Crippen molar-refractivity contribution in [2.75, 3.05) is 33.3 Å². The maximum Gasteiger partial charge on any atom is 0.121 e. The van der Waals surface area contributed by atoms with Gasteiger partial charge in [0, 0.05) is 12.0 Å². The van der Waals surface area contributed by atoms with Crippen LogP contribution in [0, 0.1) is 6.92 Å².